The predicted molar refractivity (Wildman–Crippen MR) is 88.8 cm³/mol. The van der Waals surface area contributed by atoms with E-state index < -0.39 is 0 Å². The quantitative estimate of drug-likeness (QED) is 0.870. The third-order valence-corrected chi connectivity index (χ3v) is 5.05. The van der Waals surface area contributed by atoms with Crippen LogP contribution in [-0.4, -0.2) is 46.9 Å². The fourth-order valence-corrected chi connectivity index (χ4v) is 3.95. The van der Waals surface area contributed by atoms with Crippen LogP contribution in [0.3, 0.4) is 0 Å². The van der Waals surface area contributed by atoms with Gasteiger partial charge in [0.1, 0.15) is 5.82 Å². The number of aromatic nitrogens is 1. The number of pyridine rings is 1. The van der Waals surface area contributed by atoms with Gasteiger partial charge >= 0.3 is 0 Å². The van der Waals surface area contributed by atoms with Crippen molar-refractivity contribution in [2.45, 2.75) is 6.54 Å². The minimum atomic E-state index is -0.180. The van der Waals surface area contributed by atoms with Gasteiger partial charge in [-0.1, -0.05) is 12.1 Å². The van der Waals surface area contributed by atoms with Gasteiger partial charge < -0.3 is 4.90 Å². The maximum atomic E-state index is 13.3. The number of hydrogen-bond donors (Lipinski definition) is 0. The number of rotatable bonds is 3. The Bertz CT molecular complexity index is 722. The molecule has 0 spiro atoms. The highest BCUT2D eigenvalue weighted by molar-refractivity contribution is 5.94. The first-order chi connectivity index (χ1) is 11.7. The second kappa shape index (κ2) is 6.32. The molecular weight excluding hydrogens is 305 g/mol. The van der Waals surface area contributed by atoms with Crippen LogP contribution in [-0.2, 0) is 6.54 Å². The maximum Gasteiger partial charge on any atom is 0.255 e. The van der Waals surface area contributed by atoms with E-state index in [0.29, 0.717) is 17.4 Å². The van der Waals surface area contributed by atoms with Crippen LogP contribution in [0.4, 0.5) is 4.39 Å². The SMILES string of the molecule is O=C(c1cccnc1)N1C[C@H]2CN(Cc3cccc(F)c3)C[C@@H]2C1. The van der Waals surface area contributed by atoms with Crippen LogP contribution in [0.15, 0.2) is 48.8 Å². The van der Waals surface area contributed by atoms with Crippen LogP contribution in [0, 0.1) is 17.7 Å². The summed E-state index contributed by atoms with van der Waals surface area (Å²) >= 11 is 0. The van der Waals surface area contributed by atoms with E-state index in [0.717, 1.165) is 38.3 Å². The molecule has 0 radical (unpaired) electrons. The number of carbonyl (C=O) groups is 1. The summed E-state index contributed by atoms with van der Waals surface area (Å²) in [7, 11) is 0. The largest absolute Gasteiger partial charge is 0.338 e. The molecule has 0 aliphatic carbocycles. The molecule has 0 bridgehead atoms. The van der Waals surface area contributed by atoms with E-state index in [9.17, 15) is 9.18 Å². The molecule has 2 aromatic rings. The van der Waals surface area contributed by atoms with Gasteiger partial charge in [-0.3, -0.25) is 14.7 Å². The summed E-state index contributed by atoms with van der Waals surface area (Å²) < 4.78 is 13.3. The van der Waals surface area contributed by atoms with Crippen molar-refractivity contribution >= 4 is 5.91 Å². The lowest BCUT2D eigenvalue weighted by molar-refractivity contribution is 0.0773. The summed E-state index contributed by atoms with van der Waals surface area (Å²) in [6.07, 6.45) is 3.31. The van der Waals surface area contributed by atoms with Crippen molar-refractivity contribution in [3.8, 4) is 0 Å². The van der Waals surface area contributed by atoms with Crippen molar-refractivity contribution in [2.75, 3.05) is 26.2 Å². The van der Waals surface area contributed by atoms with E-state index in [1.807, 2.05) is 17.0 Å². The lowest BCUT2D eigenvalue weighted by Gasteiger charge is -2.21. The van der Waals surface area contributed by atoms with Crippen molar-refractivity contribution < 1.29 is 9.18 Å². The first-order valence-electron chi connectivity index (χ1n) is 8.35. The highest BCUT2D eigenvalue weighted by Gasteiger charge is 2.41. The third-order valence-electron chi connectivity index (χ3n) is 5.05. The minimum Gasteiger partial charge on any atom is -0.338 e. The summed E-state index contributed by atoms with van der Waals surface area (Å²) in [5.74, 6) is 0.924. The van der Waals surface area contributed by atoms with Gasteiger partial charge in [0.25, 0.3) is 5.91 Å². The van der Waals surface area contributed by atoms with E-state index >= 15 is 0 Å². The van der Waals surface area contributed by atoms with Crippen LogP contribution in [0.2, 0.25) is 0 Å². The number of fused-ring (bicyclic) bond motifs is 1. The second-order valence-electron chi connectivity index (χ2n) is 6.80. The van der Waals surface area contributed by atoms with Crippen LogP contribution in [0.5, 0.6) is 0 Å². The highest BCUT2D eigenvalue weighted by atomic mass is 19.1. The Morgan fingerprint density at radius 3 is 2.58 bits per heavy atom. The Morgan fingerprint density at radius 2 is 1.92 bits per heavy atom. The number of likely N-dealkylation sites (tertiary alicyclic amines) is 2. The van der Waals surface area contributed by atoms with Crippen molar-refractivity contribution in [2.24, 2.45) is 11.8 Å². The zero-order valence-electron chi connectivity index (χ0n) is 13.4. The van der Waals surface area contributed by atoms with Crippen LogP contribution in [0.1, 0.15) is 15.9 Å². The van der Waals surface area contributed by atoms with Crippen molar-refractivity contribution in [1.82, 2.24) is 14.8 Å². The first-order valence-corrected chi connectivity index (χ1v) is 8.35. The molecule has 1 aromatic heterocycles. The fourth-order valence-electron chi connectivity index (χ4n) is 3.95. The molecular formula is C19H20FN3O. The molecule has 5 heteroatoms. The Morgan fingerprint density at radius 1 is 1.12 bits per heavy atom. The highest BCUT2D eigenvalue weighted by Crippen LogP contribution is 2.32. The zero-order valence-corrected chi connectivity index (χ0v) is 13.4. The summed E-state index contributed by atoms with van der Waals surface area (Å²) in [6, 6.07) is 10.4. The molecule has 0 unspecified atom stereocenters. The maximum absolute atomic E-state index is 13.3. The first kappa shape index (κ1) is 15.3. The van der Waals surface area contributed by atoms with Crippen molar-refractivity contribution in [3.05, 3.63) is 65.7 Å². The topological polar surface area (TPSA) is 36.4 Å². The molecule has 2 aliphatic rings. The van der Waals surface area contributed by atoms with Gasteiger partial charge in [-0.2, -0.15) is 0 Å². The lowest BCUT2D eigenvalue weighted by atomic mass is 10.0. The number of benzene rings is 1. The van der Waals surface area contributed by atoms with E-state index in [4.69, 9.17) is 0 Å². The summed E-state index contributed by atoms with van der Waals surface area (Å²) in [5, 5.41) is 0. The van der Waals surface area contributed by atoms with Gasteiger partial charge in [-0.15, -0.1) is 0 Å². The summed E-state index contributed by atoms with van der Waals surface area (Å²) in [5.41, 5.74) is 1.67. The molecule has 2 aliphatic heterocycles. The number of nitrogens with zero attached hydrogens (tertiary/aromatic N) is 3. The summed E-state index contributed by atoms with van der Waals surface area (Å²) in [6.45, 7) is 4.33. The standard InChI is InChI=1S/C19H20FN3O/c20-18-5-1-3-14(7-18)9-22-10-16-12-23(13-17(16)11-22)19(24)15-4-2-6-21-8-15/h1-8,16-17H,9-13H2/t16-,17-/m1/s1. The fraction of sp³-hybridized carbons (Fsp3) is 0.368. The molecule has 3 heterocycles. The third kappa shape index (κ3) is 3.04. The number of hydrogen-bond acceptors (Lipinski definition) is 3. The molecule has 4 nitrogen and oxygen atoms in total. The minimum absolute atomic E-state index is 0.0779. The molecule has 2 atom stereocenters. The second-order valence-corrected chi connectivity index (χ2v) is 6.80. The Kier molecular flexibility index (Phi) is 4.02. The monoisotopic (exact) mass is 325 g/mol. The Labute approximate surface area is 140 Å². The normalized spacial score (nSPS) is 23.5. The molecule has 4 rings (SSSR count). The van der Waals surface area contributed by atoms with Crippen molar-refractivity contribution in [1.29, 1.82) is 0 Å². The molecule has 0 saturated carbocycles. The Hall–Kier alpha value is -2.27. The average Bonchev–Trinajstić information content (AvgIpc) is 3.13. The van der Waals surface area contributed by atoms with Crippen LogP contribution in [0.25, 0.3) is 0 Å². The zero-order chi connectivity index (χ0) is 16.5. The van der Waals surface area contributed by atoms with Gasteiger partial charge in [0.2, 0.25) is 0 Å². The smallest absolute Gasteiger partial charge is 0.255 e. The molecule has 1 amide bonds. The van der Waals surface area contributed by atoms with Crippen molar-refractivity contribution in [3.63, 3.8) is 0 Å². The summed E-state index contributed by atoms with van der Waals surface area (Å²) in [4.78, 5) is 20.9. The molecule has 2 fully saturated rings. The molecule has 0 N–H and O–H groups in total. The Balaban J connectivity index is 1.36. The van der Waals surface area contributed by atoms with Gasteiger partial charge in [0, 0.05) is 45.1 Å². The van der Waals surface area contributed by atoms with Crippen LogP contribution >= 0.6 is 0 Å². The molecule has 2 saturated heterocycles. The van der Waals surface area contributed by atoms with Gasteiger partial charge in [-0.05, 0) is 41.7 Å². The van der Waals surface area contributed by atoms with E-state index in [1.165, 1.54) is 6.07 Å². The van der Waals surface area contributed by atoms with Gasteiger partial charge in [0.15, 0.2) is 0 Å². The molecule has 1 aromatic carbocycles. The lowest BCUT2D eigenvalue weighted by Crippen LogP contribution is -2.33. The predicted octanol–water partition coefficient (Wildman–Crippen LogP) is 2.42. The van der Waals surface area contributed by atoms with Crippen LogP contribution < -0.4 is 0 Å². The average molecular weight is 325 g/mol. The number of halogens is 1. The molecule has 24 heavy (non-hydrogen) atoms. The van der Waals surface area contributed by atoms with E-state index in [-0.39, 0.29) is 11.7 Å². The number of amides is 1. The van der Waals surface area contributed by atoms with Gasteiger partial charge in [-0.25, -0.2) is 4.39 Å². The molecule has 124 valence electrons. The number of carbonyl (C=O) groups excluding carboxylic acids is 1. The van der Waals surface area contributed by atoms with Gasteiger partial charge in [0.05, 0.1) is 5.56 Å². The van der Waals surface area contributed by atoms with E-state index in [2.05, 4.69) is 9.88 Å². The van der Waals surface area contributed by atoms with E-state index in [1.54, 1.807) is 30.6 Å².